The van der Waals surface area contributed by atoms with Crippen molar-refractivity contribution in [1.82, 2.24) is 9.97 Å². The summed E-state index contributed by atoms with van der Waals surface area (Å²) in [7, 11) is 0. The average Bonchev–Trinajstić information content (AvgIpc) is 2.73. The van der Waals surface area contributed by atoms with Gasteiger partial charge in [-0.1, -0.05) is 41.9 Å². The number of aliphatic carboxylic acids is 1. The molecule has 0 aliphatic carbocycles. The van der Waals surface area contributed by atoms with Crippen LogP contribution >= 0.6 is 11.6 Å². The van der Waals surface area contributed by atoms with E-state index in [4.69, 9.17) is 33.0 Å². The summed E-state index contributed by atoms with van der Waals surface area (Å²) in [4.78, 5) is 28.7. The molecule has 0 saturated heterocycles. The van der Waals surface area contributed by atoms with E-state index in [-0.39, 0.29) is 12.5 Å². The van der Waals surface area contributed by atoms with Gasteiger partial charge in [0.1, 0.15) is 5.82 Å². The first kappa shape index (κ1) is 21.7. The Bertz CT molecular complexity index is 1280. The first-order valence-electron chi connectivity index (χ1n) is 9.09. The molecule has 158 valence electrons. The Morgan fingerprint density at radius 2 is 1.74 bits per heavy atom. The van der Waals surface area contributed by atoms with Crippen LogP contribution in [0.4, 0.5) is 17.5 Å². The number of hydrogen-bond acceptors (Lipinski definition) is 7. The molecule has 0 bridgehead atoms. The summed E-state index contributed by atoms with van der Waals surface area (Å²) >= 11 is 6.27. The molecule has 31 heavy (non-hydrogen) atoms. The van der Waals surface area contributed by atoms with Gasteiger partial charge in [0, 0.05) is 28.1 Å². The molecule has 4 aromatic rings. The van der Waals surface area contributed by atoms with Crippen LogP contribution in [-0.2, 0) is 11.3 Å². The van der Waals surface area contributed by atoms with Crippen molar-refractivity contribution in [1.29, 1.82) is 0 Å². The summed E-state index contributed by atoms with van der Waals surface area (Å²) in [5, 5.41) is 15.0. The van der Waals surface area contributed by atoms with Crippen LogP contribution in [0.3, 0.4) is 0 Å². The van der Waals surface area contributed by atoms with Gasteiger partial charge in [0.05, 0.1) is 23.0 Å². The standard InChI is InChI=1S/C19H15ClN6O.C2H4O2/c20-15-6-8-17(13-4-2-1-3-12(13)15)26(25-27)10-11-5-7-16-14(9-11)18(21)24-19(22)23-16;1-2(3)4/h1-9H,10H2,(H4,21,22,23,24);1H3,(H,3,4). The molecule has 0 unspecified atom stereocenters. The van der Waals surface area contributed by atoms with E-state index in [1.54, 1.807) is 18.2 Å². The Kier molecular flexibility index (Phi) is 6.46. The number of aromatic nitrogens is 2. The van der Waals surface area contributed by atoms with E-state index in [0.717, 1.165) is 23.3 Å². The third kappa shape index (κ3) is 4.96. The van der Waals surface area contributed by atoms with Crippen LogP contribution < -0.4 is 16.5 Å². The van der Waals surface area contributed by atoms with Gasteiger partial charge in [0.25, 0.3) is 5.97 Å². The van der Waals surface area contributed by atoms with Crippen LogP contribution in [0.1, 0.15) is 12.5 Å². The Morgan fingerprint density at radius 1 is 1.06 bits per heavy atom. The molecule has 0 radical (unpaired) electrons. The van der Waals surface area contributed by atoms with Crippen LogP contribution in [0.2, 0.25) is 5.02 Å². The highest BCUT2D eigenvalue weighted by atomic mass is 35.5. The maximum atomic E-state index is 11.6. The lowest BCUT2D eigenvalue weighted by Crippen LogP contribution is -2.15. The molecule has 9 nitrogen and oxygen atoms in total. The number of nitrogens with two attached hydrogens (primary N) is 2. The van der Waals surface area contributed by atoms with E-state index in [0.29, 0.717) is 27.4 Å². The van der Waals surface area contributed by atoms with Gasteiger partial charge in [0.15, 0.2) is 0 Å². The highest BCUT2D eigenvalue weighted by Crippen LogP contribution is 2.33. The van der Waals surface area contributed by atoms with Crippen molar-refractivity contribution in [3.63, 3.8) is 0 Å². The van der Waals surface area contributed by atoms with Crippen molar-refractivity contribution in [3.05, 3.63) is 70.1 Å². The SMILES string of the molecule is CC(=O)O.Nc1nc(N)c2cc(CN(N=O)c3ccc(Cl)c4ccccc34)ccc2n1. The molecule has 0 atom stereocenters. The highest BCUT2D eigenvalue weighted by molar-refractivity contribution is 6.36. The first-order valence-corrected chi connectivity index (χ1v) is 9.47. The summed E-state index contributed by atoms with van der Waals surface area (Å²) in [6.07, 6.45) is 0. The predicted molar refractivity (Wildman–Crippen MR) is 123 cm³/mol. The number of anilines is 3. The second-order valence-electron chi connectivity index (χ2n) is 6.59. The van der Waals surface area contributed by atoms with Crippen LogP contribution in [0.15, 0.2) is 59.9 Å². The number of carboxylic acids is 1. The molecular weight excluding hydrogens is 420 g/mol. The molecule has 10 heteroatoms. The van der Waals surface area contributed by atoms with Crippen LogP contribution in [0.5, 0.6) is 0 Å². The van der Waals surface area contributed by atoms with E-state index in [2.05, 4.69) is 15.3 Å². The molecule has 0 spiro atoms. The molecule has 1 aromatic heterocycles. The van der Waals surface area contributed by atoms with Crippen molar-refractivity contribution in [2.45, 2.75) is 13.5 Å². The van der Waals surface area contributed by atoms with Gasteiger partial charge < -0.3 is 16.6 Å². The van der Waals surface area contributed by atoms with Gasteiger partial charge in [-0.15, -0.1) is 4.91 Å². The maximum absolute atomic E-state index is 11.6. The fourth-order valence-corrected chi connectivity index (χ4v) is 3.35. The lowest BCUT2D eigenvalue weighted by atomic mass is 10.1. The predicted octanol–water partition coefficient (Wildman–Crippen LogP) is 4.38. The van der Waals surface area contributed by atoms with Crippen molar-refractivity contribution < 1.29 is 9.90 Å². The van der Waals surface area contributed by atoms with Gasteiger partial charge in [-0.3, -0.25) is 4.79 Å². The minimum Gasteiger partial charge on any atom is -0.481 e. The van der Waals surface area contributed by atoms with Gasteiger partial charge in [-0.2, -0.15) is 4.98 Å². The first-order chi connectivity index (χ1) is 14.8. The number of halogens is 1. The summed E-state index contributed by atoms with van der Waals surface area (Å²) in [5.74, 6) is -0.418. The van der Waals surface area contributed by atoms with Crippen LogP contribution in [0.25, 0.3) is 21.7 Å². The summed E-state index contributed by atoms with van der Waals surface area (Å²) < 4.78 is 0. The molecule has 0 saturated carbocycles. The topological polar surface area (TPSA) is 148 Å². The van der Waals surface area contributed by atoms with E-state index >= 15 is 0 Å². The van der Waals surface area contributed by atoms with E-state index in [1.807, 2.05) is 36.4 Å². The number of hydrogen-bond donors (Lipinski definition) is 3. The normalized spacial score (nSPS) is 10.4. The molecule has 0 aliphatic heterocycles. The Labute approximate surface area is 182 Å². The molecular formula is C21H19ClN6O3. The maximum Gasteiger partial charge on any atom is 0.300 e. The van der Waals surface area contributed by atoms with Crippen molar-refractivity contribution in [2.24, 2.45) is 5.29 Å². The van der Waals surface area contributed by atoms with E-state index < -0.39 is 5.97 Å². The van der Waals surface area contributed by atoms with Gasteiger partial charge in [-0.25, -0.2) is 9.99 Å². The van der Waals surface area contributed by atoms with Crippen molar-refractivity contribution in [2.75, 3.05) is 16.5 Å². The zero-order chi connectivity index (χ0) is 22.5. The largest absolute Gasteiger partial charge is 0.481 e. The number of nitrogens with zero attached hydrogens (tertiary/aromatic N) is 4. The summed E-state index contributed by atoms with van der Waals surface area (Å²) in [6.45, 7) is 1.34. The molecule has 5 N–H and O–H groups in total. The average molecular weight is 439 g/mol. The molecule has 0 amide bonds. The fourth-order valence-electron chi connectivity index (χ4n) is 3.12. The van der Waals surface area contributed by atoms with Crippen molar-refractivity contribution in [3.8, 4) is 0 Å². The monoisotopic (exact) mass is 438 g/mol. The smallest absolute Gasteiger partial charge is 0.300 e. The third-order valence-electron chi connectivity index (χ3n) is 4.36. The number of nitrogen functional groups attached to an aromatic ring is 2. The number of fused-ring (bicyclic) bond motifs is 2. The molecule has 0 fully saturated rings. The van der Waals surface area contributed by atoms with E-state index in [1.165, 1.54) is 5.01 Å². The lowest BCUT2D eigenvalue weighted by molar-refractivity contribution is -0.134. The molecule has 0 aliphatic rings. The van der Waals surface area contributed by atoms with Crippen LogP contribution in [0, 0.1) is 4.91 Å². The van der Waals surface area contributed by atoms with Gasteiger partial charge >= 0.3 is 0 Å². The zero-order valence-electron chi connectivity index (χ0n) is 16.5. The summed E-state index contributed by atoms with van der Waals surface area (Å²) in [6, 6.07) is 16.6. The number of carbonyl (C=O) groups is 1. The summed E-state index contributed by atoms with van der Waals surface area (Å²) in [5.41, 5.74) is 13.7. The Hall–Kier alpha value is -3.98. The van der Waals surface area contributed by atoms with Crippen LogP contribution in [-0.4, -0.2) is 21.0 Å². The minimum absolute atomic E-state index is 0.122. The van der Waals surface area contributed by atoms with Crippen molar-refractivity contribution >= 4 is 56.7 Å². The second kappa shape index (κ2) is 9.23. The third-order valence-corrected chi connectivity index (χ3v) is 4.69. The quantitative estimate of drug-likeness (QED) is 0.314. The zero-order valence-corrected chi connectivity index (χ0v) is 17.2. The van der Waals surface area contributed by atoms with E-state index in [9.17, 15) is 4.91 Å². The molecule has 3 aromatic carbocycles. The molecule has 4 rings (SSSR count). The number of rotatable bonds is 4. The lowest BCUT2D eigenvalue weighted by Gasteiger charge is -2.18. The Morgan fingerprint density at radius 3 is 2.42 bits per heavy atom. The van der Waals surface area contributed by atoms with Gasteiger partial charge in [-0.05, 0) is 29.8 Å². The number of carboxylic acid groups (broad SMARTS) is 1. The minimum atomic E-state index is -0.833. The fraction of sp³-hybridized carbons (Fsp3) is 0.0952. The second-order valence-corrected chi connectivity index (χ2v) is 7.00. The Balaban J connectivity index is 0.000000628. The highest BCUT2D eigenvalue weighted by Gasteiger charge is 2.14. The van der Waals surface area contributed by atoms with Gasteiger partial charge in [0.2, 0.25) is 5.95 Å². The molecule has 1 heterocycles. The number of nitroso groups, excluding NO2 is 1. The number of benzene rings is 3.